The van der Waals surface area contributed by atoms with E-state index in [2.05, 4.69) is 5.32 Å². The normalized spacial score (nSPS) is 40.6. The number of aliphatic hydroxyl groups is 1. The number of carbonyl (C=O) groups excluding carboxylic acids is 1. The molecule has 0 aromatic rings. The van der Waals surface area contributed by atoms with Crippen molar-refractivity contribution in [2.24, 2.45) is 5.92 Å². The predicted octanol–water partition coefficient (Wildman–Crippen LogP) is 0.890. The molecule has 2 saturated heterocycles. The minimum absolute atomic E-state index is 0.0170. The van der Waals surface area contributed by atoms with Gasteiger partial charge in [0.25, 0.3) is 0 Å². The number of amides is 1. The maximum atomic E-state index is 12.4. The Labute approximate surface area is 109 Å². The number of nitrogens with zero attached hydrogens (tertiary/aromatic N) is 1. The molecule has 0 aromatic carbocycles. The molecule has 102 valence electrons. The number of likely N-dealkylation sites (tertiary alicyclic amines) is 1. The smallest absolute Gasteiger partial charge is 0.239 e. The topological polar surface area (TPSA) is 52.6 Å². The fourth-order valence-electron chi connectivity index (χ4n) is 3.89. The van der Waals surface area contributed by atoms with Gasteiger partial charge in [-0.3, -0.25) is 4.79 Å². The second-order valence-corrected chi connectivity index (χ2v) is 6.19. The number of hydrogen-bond acceptors (Lipinski definition) is 3. The van der Waals surface area contributed by atoms with Gasteiger partial charge in [0.15, 0.2) is 0 Å². The summed E-state index contributed by atoms with van der Waals surface area (Å²) in [6.45, 7) is 1.36. The standard InChI is InChI=1S/C14H24N2O2/c17-11-5-3-7-16(9-11)14(18)13-8-10-4-1-2-6-12(10)15-13/h10-13,15,17H,1-9H2/t10?,11-,12?,13?/m0/s1. The van der Waals surface area contributed by atoms with E-state index in [0.717, 1.165) is 25.8 Å². The Kier molecular flexibility index (Phi) is 3.57. The lowest BCUT2D eigenvalue weighted by molar-refractivity contribution is -0.136. The highest BCUT2D eigenvalue weighted by Gasteiger charge is 2.40. The quantitative estimate of drug-likeness (QED) is 0.729. The van der Waals surface area contributed by atoms with Crippen molar-refractivity contribution in [2.75, 3.05) is 13.1 Å². The molecule has 2 aliphatic heterocycles. The van der Waals surface area contributed by atoms with Crippen molar-refractivity contribution in [3.63, 3.8) is 0 Å². The van der Waals surface area contributed by atoms with E-state index in [4.69, 9.17) is 0 Å². The monoisotopic (exact) mass is 252 g/mol. The summed E-state index contributed by atoms with van der Waals surface area (Å²) in [5, 5.41) is 13.2. The third-order valence-electron chi connectivity index (χ3n) is 4.87. The number of piperidine rings is 1. The molecule has 2 heterocycles. The van der Waals surface area contributed by atoms with E-state index in [1.807, 2.05) is 4.90 Å². The second kappa shape index (κ2) is 5.17. The lowest BCUT2D eigenvalue weighted by atomic mass is 9.85. The molecule has 0 radical (unpaired) electrons. The molecule has 4 atom stereocenters. The molecule has 0 bridgehead atoms. The molecule has 3 fully saturated rings. The summed E-state index contributed by atoms with van der Waals surface area (Å²) in [7, 11) is 0. The third kappa shape index (κ3) is 2.41. The molecular weight excluding hydrogens is 228 g/mol. The van der Waals surface area contributed by atoms with E-state index in [1.165, 1.54) is 25.7 Å². The summed E-state index contributed by atoms with van der Waals surface area (Å²) in [6.07, 6.45) is 7.62. The summed E-state index contributed by atoms with van der Waals surface area (Å²) in [4.78, 5) is 14.3. The van der Waals surface area contributed by atoms with Crippen LogP contribution in [-0.4, -0.2) is 47.2 Å². The molecule has 4 heteroatoms. The van der Waals surface area contributed by atoms with Gasteiger partial charge in [-0.15, -0.1) is 0 Å². The van der Waals surface area contributed by atoms with Crippen LogP contribution >= 0.6 is 0 Å². The van der Waals surface area contributed by atoms with E-state index < -0.39 is 0 Å². The van der Waals surface area contributed by atoms with Crippen LogP contribution in [0.5, 0.6) is 0 Å². The van der Waals surface area contributed by atoms with Gasteiger partial charge in [0, 0.05) is 19.1 Å². The van der Waals surface area contributed by atoms with Gasteiger partial charge in [-0.1, -0.05) is 12.8 Å². The van der Waals surface area contributed by atoms with Crippen LogP contribution in [0.1, 0.15) is 44.9 Å². The number of hydrogen-bond donors (Lipinski definition) is 2. The maximum Gasteiger partial charge on any atom is 0.239 e. The lowest BCUT2D eigenvalue weighted by Crippen LogP contribution is -2.50. The molecule has 2 N–H and O–H groups in total. The summed E-state index contributed by atoms with van der Waals surface area (Å²) < 4.78 is 0. The van der Waals surface area contributed by atoms with Crippen LogP contribution < -0.4 is 5.32 Å². The molecule has 0 aromatic heterocycles. The number of aliphatic hydroxyl groups excluding tert-OH is 1. The molecule has 4 nitrogen and oxygen atoms in total. The Morgan fingerprint density at radius 3 is 2.78 bits per heavy atom. The van der Waals surface area contributed by atoms with Crippen LogP contribution in [0.2, 0.25) is 0 Å². The van der Waals surface area contributed by atoms with Gasteiger partial charge in [0.2, 0.25) is 5.91 Å². The Morgan fingerprint density at radius 2 is 2.00 bits per heavy atom. The Hall–Kier alpha value is -0.610. The van der Waals surface area contributed by atoms with E-state index in [9.17, 15) is 9.90 Å². The predicted molar refractivity (Wildman–Crippen MR) is 69.1 cm³/mol. The van der Waals surface area contributed by atoms with Crippen molar-refractivity contribution in [3.8, 4) is 0 Å². The first-order chi connectivity index (χ1) is 8.74. The number of fused-ring (bicyclic) bond motifs is 1. The van der Waals surface area contributed by atoms with Crippen LogP contribution in [0.4, 0.5) is 0 Å². The fourth-order valence-corrected chi connectivity index (χ4v) is 3.89. The fraction of sp³-hybridized carbons (Fsp3) is 0.929. The van der Waals surface area contributed by atoms with Crippen LogP contribution in [0.25, 0.3) is 0 Å². The Bertz CT molecular complexity index is 307. The molecule has 0 spiro atoms. The van der Waals surface area contributed by atoms with Crippen LogP contribution in [0.3, 0.4) is 0 Å². The zero-order valence-corrected chi connectivity index (χ0v) is 11.0. The van der Waals surface area contributed by atoms with Gasteiger partial charge in [0.05, 0.1) is 12.1 Å². The van der Waals surface area contributed by atoms with Crippen LogP contribution in [0.15, 0.2) is 0 Å². The molecule has 1 amide bonds. The minimum Gasteiger partial charge on any atom is -0.391 e. The lowest BCUT2D eigenvalue weighted by Gasteiger charge is -2.32. The van der Waals surface area contributed by atoms with Gasteiger partial charge >= 0.3 is 0 Å². The second-order valence-electron chi connectivity index (χ2n) is 6.19. The van der Waals surface area contributed by atoms with Gasteiger partial charge in [-0.2, -0.15) is 0 Å². The highest BCUT2D eigenvalue weighted by molar-refractivity contribution is 5.82. The van der Waals surface area contributed by atoms with Gasteiger partial charge in [-0.25, -0.2) is 0 Å². The summed E-state index contributed by atoms with van der Waals surface area (Å²) in [6, 6.07) is 0.589. The largest absolute Gasteiger partial charge is 0.391 e. The van der Waals surface area contributed by atoms with Gasteiger partial charge in [-0.05, 0) is 38.0 Å². The van der Waals surface area contributed by atoms with E-state index >= 15 is 0 Å². The average molecular weight is 252 g/mol. The molecule has 18 heavy (non-hydrogen) atoms. The zero-order valence-electron chi connectivity index (χ0n) is 11.0. The van der Waals surface area contributed by atoms with Crippen molar-refractivity contribution in [1.29, 1.82) is 0 Å². The maximum absolute atomic E-state index is 12.4. The van der Waals surface area contributed by atoms with Crippen molar-refractivity contribution in [1.82, 2.24) is 10.2 Å². The van der Waals surface area contributed by atoms with Crippen molar-refractivity contribution in [3.05, 3.63) is 0 Å². The van der Waals surface area contributed by atoms with Gasteiger partial charge in [0.1, 0.15) is 0 Å². The molecule has 3 aliphatic rings. The first-order valence-corrected chi connectivity index (χ1v) is 7.47. The SMILES string of the molecule is O=C(C1CC2CCCCC2N1)N1CCC[C@H](O)C1. The highest BCUT2D eigenvalue weighted by Crippen LogP contribution is 2.33. The Balaban J connectivity index is 1.59. The van der Waals surface area contributed by atoms with E-state index in [0.29, 0.717) is 18.5 Å². The van der Waals surface area contributed by atoms with Crippen molar-refractivity contribution >= 4 is 5.91 Å². The Morgan fingerprint density at radius 1 is 1.17 bits per heavy atom. The zero-order chi connectivity index (χ0) is 12.5. The summed E-state index contributed by atoms with van der Waals surface area (Å²) in [5.74, 6) is 0.936. The van der Waals surface area contributed by atoms with E-state index in [1.54, 1.807) is 0 Å². The van der Waals surface area contributed by atoms with Crippen molar-refractivity contribution < 1.29 is 9.90 Å². The molecule has 1 saturated carbocycles. The van der Waals surface area contributed by atoms with E-state index in [-0.39, 0.29) is 18.1 Å². The first kappa shape index (κ1) is 12.4. The molecule has 3 rings (SSSR count). The third-order valence-corrected chi connectivity index (χ3v) is 4.87. The first-order valence-electron chi connectivity index (χ1n) is 7.47. The summed E-state index contributed by atoms with van der Waals surface area (Å²) >= 11 is 0. The van der Waals surface area contributed by atoms with Crippen molar-refractivity contribution in [2.45, 2.75) is 63.1 Å². The van der Waals surface area contributed by atoms with Crippen LogP contribution in [0, 0.1) is 5.92 Å². The average Bonchev–Trinajstić information content (AvgIpc) is 2.81. The number of rotatable bonds is 1. The van der Waals surface area contributed by atoms with Crippen LogP contribution in [-0.2, 0) is 4.79 Å². The molecule has 3 unspecified atom stereocenters. The summed E-state index contributed by atoms with van der Waals surface area (Å²) in [5.41, 5.74) is 0. The number of carbonyl (C=O) groups is 1. The number of β-amino-alcohol motifs (C(OH)–C–C–N with tert-alkyl or cyclic N) is 1. The highest BCUT2D eigenvalue weighted by atomic mass is 16.3. The minimum atomic E-state index is -0.314. The van der Waals surface area contributed by atoms with Gasteiger partial charge < -0.3 is 15.3 Å². The number of nitrogens with one attached hydrogen (secondary N) is 1. The molecule has 1 aliphatic carbocycles. The molecular formula is C14H24N2O2.